The first-order valence-electron chi connectivity index (χ1n) is 43.9. The van der Waals surface area contributed by atoms with E-state index in [2.05, 4.69) is 823 Å². The molecule has 4 nitrogen and oxygen atoms in total. The molecular weight excluding hydrogens is 7110 g/mol. The van der Waals surface area contributed by atoms with Crippen molar-refractivity contribution in [1.29, 1.82) is 0 Å². The minimum Gasteiger partial charge on any atom is -0.355 e. The third-order valence-electron chi connectivity index (χ3n) is 25.2. The van der Waals surface area contributed by atoms with Gasteiger partial charge in [-0.3, -0.25) is 0 Å². The van der Waals surface area contributed by atoms with Gasteiger partial charge in [0, 0.05) is 67.0 Å². The van der Waals surface area contributed by atoms with Crippen LogP contribution in [0.1, 0.15) is 154 Å². The van der Waals surface area contributed by atoms with Gasteiger partial charge in [-0.1, -0.05) is 287 Å². The van der Waals surface area contributed by atoms with Crippen molar-refractivity contribution < 1.29 is 0 Å². The summed E-state index contributed by atoms with van der Waals surface area (Å²) < 4.78 is 0. The molecule has 12 aromatic carbocycles. The molecule has 0 aromatic heterocycles. The molecule has 149 heavy (non-hydrogen) atoms. The van der Waals surface area contributed by atoms with Crippen LogP contribution in [-0.2, 0) is 21.7 Å². The third-order valence-corrected chi connectivity index (χ3v) is 3500. The summed E-state index contributed by atoms with van der Waals surface area (Å²) in [6, 6.07) is 106. The quantitative estimate of drug-likeness (QED) is 0.0424. The molecule has 0 saturated heterocycles. The first kappa shape index (κ1) is 149. The number of hydrogen-bond acceptors (Lipinski definition) is 4. The van der Waals surface area contributed by atoms with E-state index in [0.29, 0.717) is 0 Å². The van der Waals surface area contributed by atoms with Crippen LogP contribution >= 0.6 is 632 Å². The fourth-order valence-corrected chi connectivity index (χ4v) is 8400. The van der Waals surface area contributed by atoms with Crippen molar-refractivity contribution in [3.8, 4) is 44.5 Å². The van der Waals surface area contributed by atoms with Crippen LogP contribution in [-0.4, -0.2) is 11.1 Å². The maximum absolute atomic E-state index is 6.47. The fraction of sp³-hybridized carbons (Fsp3) is 0.265. The van der Waals surface area contributed by atoms with Gasteiger partial charge in [0.2, 0.25) is 0 Å². The topological polar surface area (TPSA) is 21.8 Å². The van der Waals surface area contributed by atoms with Crippen molar-refractivity contribution in [2.24, 2.45) is 0 Å². The van der Waals surface area contributed by atoms with Crippen molar-refractivity contribution in [2.45, 2.75) is 167 Å². The Morgan fingerprint density at radius 3 is 0.812 bits per heavy atom. The van der Waals surface area contributed by atoms with Gasteiger partial charge in [-0.25, -0.2) is 0 Å². The van der Waals surface area contributed by atoms with Crippen LogP contribution in [0.15, 0.2) is 291 Å². The van der Waals surface area contributed by atoms with Crippen molar-refractivity contribution in [2.75, 3.05) is 20.0 Å². The Hall–Kier alpha value is 23.7. The normalized spacial score (nSPS) is 19.3. The van der Waals surface area contributed by atoms with E-state index in [-0.39, 0.29) is 32.7 Å². The van der Waals surface area contributed by atoms with E-state index in [1.807, 2.05) is 18.2 Å². The van der Waals surface area contributed by atoms with Gasteiger partial charge in [0.1, 0.15) is 0 Å². The number of halogens is 47. The van der Waals surface area contributed by atoms with Gasteiger partial charge in [-0.15, -0.1) is 0 Å². The van der Waals surface area contributed by atoms with E-state index in [1.165, 1.54) is 158 Å². The van der Waals surface area contributed by atoms with Crippen molar-refractivity contribution in [3.63, 3.8) is 0 Å². The van der Waals surface area contributed by atoms with Gasteiger partial charge < -0.3 is 20.0 Å². The van der Waals surface area contributed by atoms with Crippen molar-refractivity contribution in [3.05, 3.63) is 330 Å². The monoisotopic (exact) mass is 7210 g/mol. The fourth-order valence-electron chi connectivity index (χ4n) is 18.0. The summed E-state index contributed by atoms with van der Waals surface area (Å²) >= 11 is 84.4. The summed E-state index contributed by atoms with van der Waals surface area (Å²) in [5.74, 6) is 0. The van der Waals surface area contributed by atoms with Gasteiger partial charge in [-0.05, 0) is 239 Å². The van der Waals surface area contributed by atoms with E-state index < -0.39 is 174 Å². The van der Waals surface area contributed by atoms with Gasteiger partial charge in [-0.2, -0.15) is 0 Å². The largest absolute Gasteiger partial charge is 0.355 e. The van der Waals surface area contributed by atoms with Crippen LogP contribution in [0, 0.1) is 13.8 Å². The van der Waals surface area contributed by atoms with Crippen LogP contribution < -0.4 is 20.0 Å². The molecule has 2 saturated carbocycles. The Labute approximate surface area is 1200 Å². The molecule has 4 unspecified atom stereocenters. The van der Waals surface area contributed by atoms with Crippen LogP contribution in [0.2, 0.25) is 5.02 Å². The van der Waals surface area contributed by atoms with Crippen molar-refractivity contribution >= 4 is 683 Å². The van der Waals surface area contributed by atoms with Gasteiger partial charge >= 0.3 is 620 Å². The van der Waals surface area contributed by atoms with Crippen LogP contribution in [0.5, 0.6) is 0 Å². The SMILES string of the molecule is Cc1cc(Cl)cc(N2c3ccc(C(C)(C)C)cc3C3(C)CCCCC23C)c1.Cc1cc(N(c2cccc(-c3ccccc3)c2)c2cccc(-c3ccccc3)c2)cc(N2c3ccc(C(C)(C)C)cc3C3(C)CCCCC23C)c1.II(I)I(I)I(I)I(I)I(I)I(I)I(I)I(I)I(I)I(I)I(I)I(I)I(I)I(I)I(I)I(I)I(I)I(I)I(I)I(I)I(I)I(I)I.c1ccc(-c2cccc(Nc3cccc(-c4ccccc4)c3)c2)cc1. The first-order chi connectivity index (χ1) is 70.3. The Morgan fingerprint density at radius 1 is 0.262 bits per heavy atom. The van der Waals surface area contributed by atoms with Gasteiger partial charge in [0.25, 0.3) is 0 Å². The molecule has 2 aliphatic heterocycles. The summed E-state index contributed by atoms with van der Waals surface area (Å²) in [6.07, 6.45) is 10.00. The Kier molecular flexibility index (Phi) is 72.1. The number of benzene rings is 12. The zero-order chi connectivity index (χ0) is 109. The number of fused-ring (bicyclic) bond motifs is 6. The molecule has 51 heteroatoms. The maximum atomic E-state index is 6.47. The van der Waals surface area contributed by atoms with E-state index in [9.17, 15) is 0 Å². The van der Waals surface area contributed by atoms with E-state index in [4.69, 9.17) is 11.6 Å². The minimum atomic E-state index is -0.564. The first-order valence-corrected chi connectivity index (χ1v) is 327. The molecule has 1 N–H and O–H groups in total. The third kappa shape index (κ3) is 40.4. The number of nitrogens with one attached hydrogen (secondary N) is 1. The zero-order valence-corrected chi connectivity index (χ0v) is 180. The van der Waals surface area contributed by atoms with Crippen LogP contribution in [0.3, 0.4) is 0 Å². The van der Waals surface area contributed by atoms with Crippen molar-refractivity contribution in [1.82, 2.24) is 0 Å². The molecule has 2 fully saturated rings. The maximum Gasteiger partial charge on any atom is 0.0390 e. The number of hydrogen-bond donors (Lipinski definition) is 1. The molecule has 2 aliphatic carbocycles. The molecule has 0 radical (unpaired) electrons. The van der Waals surface area contributed by atoms with Crippen LogP contribution in [0.4, 0.5) is 51.2 Å². The number of anilines is 9. The molecule has 4 atom stereocenters. The van der Waals surface area contributed by atoms with E-state index in [0.717, 1.165) is 27.8 Å². The zero-order valence-electron chi connectivity index (χ0n) is 80.0. The standard InChI is InChI=1S/C49H50N2.C25H32ClN.C24H19N.I46/c1-35-29-43(34-44(30-35)51-46-26-25-40(47(2,3)4)33-45(46)48(5)27-13-14-28-49(48,51)6)50(41-23-15-21-38(31-41)36-17-9-7-10-18-36)42-24-16-22-39(32-42)37-19-11-8-12-20-37;1-17-13-19(26)16-20(14-17)27-22-10-9-18(23(2,3)4)15-21(22)24(5)11-7-8-12-25(24,27)6;1-3-9-19(10-4-1)21-13-7-15-23(17-21)25-24-16-8-14-22(18-24)20-11-5-2-6-12-20;1-25(2)27(5)29(7)31(9)33(11)35(13)37(15)39(17)41(19)43(21)45(23)46(24)44(22)42(20)40(18)38(16)36(14)34(12)32(10)30(8)28(6)26(3)4/h7-12,15-26,29-34H,13-14,27-28H2,1-6H3;9-10,13-16H,7-8,11-12H2,1-6H3;1-18,25H;. The minimum absolute atomic E-state index is 0.0273. The average molecular weight is 7210 g/mol. The molecule has 12 aromatic rings. The summed E-state index contributed by atoms with van der Waals surface area (Å²) in [7, 11) is -11.5. The molecule has 842 valence electrons. The summed E-state index contributed by atoms with van der Waals surface area (Å²) in [4.78, 5) is 7.79. The molecular formula is C98H101ClI46N4. The van der Waals surface area contributed by atoms with E-state index >= 15 is 0 Å². The average Bonchev–Trinajstić information content (AvgIpc) is 1.53. The second-order valence-electron chi connectivity index (χ2n) is 36.0. The molecule has 0 spiro atoms. The predicted octanol–water partition coefficient (Wildman–Crippen LogP) is 69.0. The molecule has 0 amide bonds. The number of aryl methyl sites for hydroxylation is 2. The number of nitrogens with zero attached hydrogens (tertiary/aromatic N) is 3. The predicted molar refractivity (Wildman–Crippen MR) is 1090 cm³/mol. The number of rotatable bonds is 32. The summed E-state index contributed by atoms with van der Waals surface area (Å²) in [5, 5.41) is 4.35. The van der Waals surface area contributed by atoms with E-state index in [1.54, 1.807) is 0 Å². The Bertz CT molecular complexity index is 6170. The molecule has 16 rings (SSSR count). The summed E-state index contributed by atoms with van der Waals surface area (Å²) in [5.41, 5.74) is 29.5. The Balaban J connectivity index is 0.000000173. The van der Waals surface area contributed by atoms with Gasteiger partial charge in [0.05, 0.1) is 11.1 Å². The molecule has 2 heterocycles. The smallest absolute Gasteiger partial charge is 0.0390 e. The van der Waals surface area contributed by atoms with Gasteiger partial charge in [0.15, 0.2) is 0 Å². The second-order valence-corrected chi connectivity index (χ2v) is 1110. The second kappa shape index (κ2) is 72.0. The van der Waals surface area contributed by atoms with Crippen LogP contribution in [0.25, 0.3) is 44.5 Å². The Morgan fingerprint density at radius 2 is 0.523 bits per heavy atom. The molecule has 4 aliphatic rings. The molecule has 0 bridgehead atoms. The summed E-state index contributed by atoms with van der Waals surface area (Å²) in [6.45, 7) is 28.4.